The highest BCUT2D eigenvalue weighted by Crippen LogP contribution is 2.34. The monoisotopic (exact) mass is 240 g/mol. The maximum absolute atomic E-state index is 6.07. The Bertz CT molecular complexity index is 225. The number of rotatable bonds is 6. The largest absolute Gasteiger partial charge is 0.329 e. The van der Waals surface area contributed by atoms with Gasteiger partial charge in [-0.15, -0.1) is 0 Å². The molecule has 2 nitrogen and oxygen atoms in total. The summed E-state index contributed by atoms with van der Waals surface area (Å²) in [7, 11) is 0. The van der Waals surface area contributed by atoms with Gasteiger partial charge < -0.3 is 5.73 Å². The molecule has 0 aliphatic carbocycles. The van der Waals surface area contributed by atoms with E-state index in [9.17, 15) is 0 Å². The van der Waals surface area contributed by atoms with E-state index in [1.807, 2.05) is 0 Å². The first-order chi connectivity index (χ1) is 7.93. The second kappa shape index (κ2) is 6.19. The molecule has 0 spiro atoms. The molecule has 0 aromatic carbocycles. The van der Waals surface area contributed by atoms with Gasteiger partial charge in [-0.1, -0.05) is 40.0 Å². The topological polar surface area (TPSA) is 29.3 Å². The zero-order chi connectivity index (χ0) is 12.9. The van der Waals surface area contributed by atoms with Crippen LogP contribution in [-0.2, 0) is 0 Å². The average Bonchev–Trinajstić information content (AvgIpc) is 2.28. The van der Waals surface area contributed by atoms with E-state index in [1.165, 1.54) is 51.6 Å². The Balaban J connectivity index is 2.58. The molecule has 1 fully saturated rings. The Morgan fingerprint density at radius 3 is 2.53 bits per heavy atom. The highest BCUT2D eigenvalue weighted by atomic mass is 15.2. The highest BCUT2D eigenvalue weighted by molar-refractivity contribution is 4.92. The molecule has 1 atom stereocenters. The van der Waals surface area contributed by atoms with Crippen LogP contribution in [0.3, 0.4) is 0 Å². The van der Waals surface area contributed by atoms with Gasteiger partial charge in [0.1, 0.15) is 0 Å². The molecule has 1 aliphatic rings. The molecule has 0 bridgehead atoms. The maximum Gasteiger partial charge on any atom is 0.0303 e. The molecule has 102 valence electrons. The molecule has 0 radical (unpaired) electrons. The number of nitrogens with two attached hydrogens (primary N) is 1. The number of unbranched alkanes of at least 4 members (excludes halogenated alkanes) is 2. The molecule has 2 N–H and O–H groups in total. The molecule has 1 heterocycles. The predicted octanol–water partition coefficient (Wildman–Crippen LogP) is 3.41. The molecular formula is C15H32N2. The summed E-state index contributed by atoms with van der Waals surface area (Å²) in [5, 5.41) is 0. The molecule has 1 saturated heterocycles. The average molecular weight is 240 g/mol. The van der Waals surface area contributed by atoms with Crippen LogP contribution in [0.5, 0.6) is 0 Å². The van der Waals surface area contributed by atoms with Crippen molar-refractivity contribution in [2.75, 3.05) is 19.6 Å². The first kappa shape index (κ1) is 15.0. The molecule has 0 aromatic rings. The Morgan fingerprint density at radius 1 is 1.29 bits per heavy atom. The third-order valence-electron chi connectivity index (χ3n) is 4.42. The highest BCUT2D eigenvalue weighted by Gasteiger charge is 2.36. The third-order valence-corrected chi connectivity index (χ3v) is 4.42. The van der Waals surface area contributed by atoms with Crippen LogP contribution in [0.2, 0.25) is 0 Å². The van der Waals surface area contributed by atoms with Crippen LogP contribution < -0.4 is 5.73 Å². The second-order valence-corrected chi connectivity index (χ2v) is 6.85. The first-order valence-corrected chi connectivity index (χ1v) is 7.39. The lowest BCUT2D eigenvalue weighted by molar-refractivity contribution is 0.0221. The quantitative estimate of drug-likeness (QED) is 0.721. The van der Waals surface area contributed by atoms with Crippen LogP contribution in [0.4, 0.5) is 0 Å². The van der Waals surface area contributed by atoms with E-state index in [4.69, 9.17) is 5.73 Å². The lowest BCUT2D eigenvalue weighted by Crippen LogP contribution is -2.56. The summed E-state index contributed by atoms with van der Waals surface area (Å²) in [5.74, 6) is 0. The summed E-state index contributed by atoms with van der Waals surface area (Å²) in [6.07, 6.45) is 7.91. The fourth-order valence-corrected chi connectivity index (χ4v) is 3.03. The van der Waals surface area contributed by atoms with Crippen molar-refractivity contribution in [3.05, 3.63) is 0 Å². The van der Waals surface area contributed by atoms with Crippen molar-refractivity contribution in [3.8, 4) is 0 Å². The number of likely N-dealkylation sites (tertiary alicyclic amines) is 1. The Morgan fingerprint density at radius 2 is 2.00 bits per heavy atom. The first-order valence-electron chi connectivity index (χ1n) is 7.39. The van der Waals surface area contributed by atoms with E-state index in [0.29, 0.717) is 5.41 Å². The Kier molecular flexibility index (Phi) is 5.46. The predicted molar refractivity (Wildman–Crippen MR) is 76.2 cm³/mol. The van der Waals surface area contributed by atoms with Crippen molar-refractivity contribution >= 4 is 0 Å². The summed E-state index contributed by atoms with van der Waals surface area (Å²) in [6.45, 7) is 12.7. The molecule has 1 aliphatic heterocycles. The van der Waals surface area contributed by atoms with E-state index >= 15 is 0 Å². The van der Waals surface area contributed by atoms with Gasteiger partial charge in [-0.2, -0.15) is 0 Å². The van der Waals surface area contributed by atoms with Crippen LogP contribution in [0.15, 0.2) is 0 Å². The SMILES string of the molecule is CCCCCC(C)(CN)N1CCCC(C)(C)C1. The van der Waals surface area contributed by atoms with Gasteiger partial charge in [0.2, 0.25) is 0 Å². The molecule has 17 heavy (non-hydrogen) atoms. The number of piperidine rings is 1. The Hall–Kier alpha value is -0.0800. The van der Waals surface area contributed by atoms with Gasteiger partial charge >= 0.3 is 0 Å². The molecule has 0 saturated carbocycles. The van der Waals surface area contributed by atoms with Crippen LogP contribution >= 0.6 is 0 Å². The molecule has 2 heteroatoms. The third kappa shape index (κ3) is 4.26. The maximum atomic E-state index is 6.07. The standard InChI is InChI=1S/C15H32N2/c1-5-6-7-10-15(4,12-16)17-11-8-9-14(2,3)13-17/h5-13,16H2,1-4H3. The molecule has 0 amide bonds. The van der Waals surface area contributed by atoms with E-state index in [1.54, 1.807) is 0 Å². The number of hydrogen-bond acceptors (Lipinski definition) is 2. The van der Waals surface area contributed by atoms with Crippen molar-refractivity contribution in [2.45, 2.75) is 71.8 Å². The zero-order valence-electron chi connectivity index (χ0n) is 12.4. The number of hydrogen-bond donors (Lipinski definition) is 1. The van der Waals surface area contributed by atoms with Crippen molar-refractivity contribution in [1.82, 2.24) is 4.90 Å². The van der Waals surface area contributed by atoms with Crippen molar-refractivity contribution < 1.29 is 0 Å². The van der Waals surface area contributed by atoms with Crippen molar-refractivity contribution in [2.24, 2.45) is 11.1 Å². The van der Waals surface area contributed by atoms with E-state index in [2.05, 4.69) is 32.6 Å². The van der Waals surface area contributed by atoms with Gasteiger partial charge in [0.15, 0.2) is 0 Å². The summed E-state index contributed by atoms with van der Waals surface area (Å²) in [4.78, 5) is 2.66. The zero-order valence-corrected chi connectivity index (χ0v) is 12.4. The van der Waals surface area contributed by atoms with Crippen LogP contribution in [0.25, 0.3) is 0 Å². The van der Waals surface area contributed by atoms with Gasteiger partial charge in [0.25, 0.3) is 0 Å². The van der Waals surface area contributed by atoms with E-state index < -0.39 is 0 Å². The van der Waals surface area contributed by atoms with Crippen molar-refractivity contribution in [3.63, 3.8) is 0 Å². The molecular weight excluding hydrogens is 208 g/mol. The minimum absolute atomic E-state index is 0.229. The van der Waals surface area contributed by atoms with Gasteiger partial charge in [0, 0.05) is 18.6 Å². The van der Waals surface area contributed by atoms with E-state index in [-0.39, 0.29) is 5.54 Å². The molecule has 1 unspecified atom stereocenters. The van der Waals surface area contributed by atoms with Gasteiger partial charge in [0.05, 0.1) is 0 Å². The van der Waals surface area contributed by atoms with Crippen molar-refractivity contribution in [1.29, 1.82) is 0 Å². The second-order valence-electron chi connectivity index (χ2n) is 6.85. The van der Waals surface area contributed by atoms with Crippen LogP contribution in [0.1, 0.15) is 66.2 Å². The molecule has 1 rings (SSSR count). The summed E-state index contributed by atoms with van der Waals surface area (Å²) in [6, 6.07) is 0. The minimum Gasteiger partial charge on any atom is -0.329 e. The Labute approximate surface area is 108 Å². The normalized spacial score (nSPS) is 24.5. The smallest absolute Gasteiger partial charge is 0.0303 e. The van der Waals surface area contributed by atoms with Gasteiger partial charge in [-0.3, -0.25) is 4.90 Å². The van der Waals surface area contributed by atoms with E-state index in [0.717, 1.165) is 6.54 Å². The summed E-state index contributed by atoms with van der Waals surface area (Å²) < 4.78 is 0. The van der Waals surface area contributed by atoms with Crippen LogP contribution in [-0.4, -0.2) is 30.1 Å². The number of nitrogens with zero attached hydrogens (tertiary/aromatic N) is 1. The lowest BCUT2D eigenvalue weighted by atomic mass is 9.80. The lowest BCUT2D eigenvalue weighted by Gasteiger charge is -2.48. The fraction of sp³-hybridized carbons (Fsp3) is 1.00. The minimum atomic E-state index is 0.229. The van der Waals surface area contributed by atoms with Crippen LogP contribution in [0, 0.1) is 5.41 Å². The van der Waals surface area contributed by atoms with Gasteiger partial charge in [-0.25, -0.2) is 0 Å². The summed E-state index contributed by atoms with van der Waals surface area (Å²) >= 11 is 0. The van der Waals surface area contributed by atoms with Gasteiger partial charge in [-0.05, 0) is 38.1 Å². The summed E-state index contributed by atoms with van der Waals surface area (Å²) in [5.41, 5.74) is 6.77. The fourth-order valence-electron chi connectivity index (χ4n) is 3.03. The molecule has 0 aromatic heterocycles.